The molecule has 0 saturated heterocycles. The Kier molecular flexibility index (Phi) is 4.43. The average molecular weight is 302 g/mol. The number of hydrogen-bond acceptors (Lipinski definition) is 2. The lowest BCUT2D eigenvalue weighted by molar-refractivity contribution is -0.182. The number of hydrogen-bond donors (Lipinski definition) is 0. The molecule has 0 amide bonds. The minimum atomic E-state index is -0.409. The Morgan fingerprint density at radius 1 is 1.09 bits per heavy atom. The zero-order valence-electron chi connectivity index (χ0n) is 15.0. The molecule has 0 aliphatic heterocycles. The summed E-state index contributed by atoms with van der Waals surface area (Å²) in [5.74, 6) is -0.0744. The molecule has 22 heavy (non-hydrogen) atoms. The van der Waals surface area contributed by atoms with Gasteiger partial charge in [0.1, 0.15) is 5.60 Å². The summed E-state index contributed by atoms with van der Waals surface area (Å²) >= 11 is 0. The second-order valence-corrected chi connectivity index (χ2v) is 8.30. The molecule has 2 rings (SSSR count). The van der Waals surface area contributed by atoms with Gasteiger partial charge in [-0.1, -0.05) is 52.0 Å². The number of rotatable bonds is 4. The van der Waals surface area contributed by atoms with Gasteiger partial charge in [-0.3, -0.25) is 4.79 Å². The van der Waals surface area contributed by atoms with E-state index >= 15 is 0 Å². The number of benzene rings is 1. The summed E-state index contributed by atoms with van der Waals surface area (Å²) in [5, 5.41) is 0. The minimum absolute atomic E-state index is 0.0744. The van der Waals surface area contributed by atoms with Gasteiger partial charge in [-0.05, 0) is 56.1 Å². The topological polar surface area (TPSA) is 26.3 Å². The first kappa shape index (κ1) is 17.1. The van der Waals surface area contributed by atoms with Crippen LogP contribution >= 0.6 is 0 Å². The molecular weight excluding hydrogens is 272 g/mol. The van der Waals surface area contributed by atoms with Crippen LogP contribution in [0.15, 0.2) is 24.3 Å². The molecule has 122 valence electrons. The molecule has 0 spiro atoms. The van der Waals surface area contributed by atoms with E-state index in [9.17, 15) is 4.79 Å². The van der Waals surface area contributed by atoms with Crippen LogP contribution in [0.1, 0.15) is 78.4 Å². The predicted octanol–water partition coefficient (Wildman–Crippen LogP) is 5.34. The lowest BCUT2D eigenvalue weighted by Gasteiger charge is -2.43. The molecule has 0 N–H and O–H groups in total. The van der Waals surface area contributed by atoms with Crippen LogP contribution in [-0.4, -0.2) is 5.97 Å². The predicted molar refractivity (Wildman–Crippen MR) is 90.8 cm³/mol. The van der Waals surface area contributed by atoms with E-state index in [0.717, 1.165) is 31.2 Å². The fourth-order valence-electron chi connectivity index (χ4n) is 2.68. The van der Waals surface area contributed by atoms with Crippen molar-refractivity contribution in [3.63, 3.8) is 0 Å². The van der Waals surface area contributed by atoms with E-state index in [-0.39, 0.29) is 17.0 Å². The van der Waals surface area contributed by atoms with Crippen molar-refractivity contribution in [3.8, 4) is 0 Å². The van der Waals surface area contributed by atoms with Gasteiger partial charge < -0.3 is 4.74 Å². The fourth-order valence-corrected chi connectivity index (χ4v) is 2.68. The van der Waals surface area contributed by atoms with Crippen LogP contribution in [0.5, 0.6) is 0 Å². The van der Waals surface area contributed by atoms with Crippen LogP contribution in [-0.2, 0) is 20.5 Å². The van der Waals surface area contributed by atoms with Gasteiger partial charge in [0, 0.05) is 0 Å². The summed E-state index contributed by atoms with van der Waals surface area (Å²) < 4.78 is 6.00. The van der Waals surface area contributed by atoms with E-state index in [0.29, 0.717) is 0 Å². The van der Waals surface area contributed by atoms with Gasteiger partial charge in [-0.15, -0.1) is 0 Å². The Balaban J connectivity index is 2.22. The molecule has 1 saturated carbocycles. The van der Waals surface area contributed by atoms with Gasteiger partial charge in [-0.25, -0.2) is 0 Å². The van der Waals surface area contributed by atoms with Crippen molar-refractivity contribution < 1.29 is 9.53 Å². The molecule has 1 aliphatic carbocycles. The van der Waals surface area contributed by atoms with Crippen LogP contribution in [0.25, 0.3) is 0 Å². The van der Waals surface area contributed by atoms with Crippen LogP contribution < -0.4 is 0 Å². The van der Waals surface area contributed by atoms with Crippen molar-refractivity contribution in [1.82, 2.24) is 0 Å². The first-order chi connectivity index (χ1) is 10.1. The molecule has 1 fully saturated rings. The molecule has 0 atom stereocenters. The largest absolute Gasteiger partial charge is 0.454 e. The highest BCUT2D eigenvalue weighted by molar-refractivity contribution is 5.76. The maximum Gasteiger partial charge on any atom is 0.312 e. The van der Waals surface area contributed by atoms with Crippen molar-refractivity contribution in [3.05, 3.63) is 35.4 Å². The minimum Gasteiger partial charge on any atom is -0.454 e. The van der Waals surface area contributed by atoms with Gasteiger partial charge in [0.2, 0.25) is 0 Å². The van der Waals surface area contributed by atoms with Crippen molar-refractivity contribution in [2.45, 2.75) is 78.2 Å². The number of esters is 1. The summed E-state index contributed by atoms with van der Waals surface area (Å²) in [5.41, 5.74) is 1.80. The zero-order valence-corrected chi connectivity index (χ0v) is 15.0. The maximum absolute atomic E-state index is 12.5. The Morgan fingerprint density at radius 2 is 1.64 bits per heavy atom. The SMILES string of the molecule is CCC(C)(C)C(=O)OC1(c2ccc(C(C)(C)C)cc2)CCC1. The Morgan fingerprint density at radius 3 is 2.00 bits per heavy atom. The highest BCUT2D eigenvalue weighted by atomic mass is 16.6. The molecule has 0 bridgehead atoms. The van der Waals surface area contributed by atoms with Gasteiger partial charge in [0.15, 0.2) is 0 Å². The van der Waals surface area contributed by atoms with Crippen LogP contribution in [0.3, 0.4) is 0 Å². The van der Waals surface area contributed by atoms with Gasteiger partial charge in [0.05, 0.1) is 5.41 Å². The van der Waals surface area contributed by atoms with E-state index in [1.807, 2.05) is 20.8 Å². The Hall–Kier alpha value is -1.31. The standard InChI is InChI=1S/C20H30O2/c1-7-19(5,6)17(21)22-20(13-8-14-20)16-11-9-15(10-12-16)18(2,3)4/h9-12H,7-8,13-14H2,1-6H3. The second kappa shape index (κ2) is 5.72. The summed E-state index contributed by atoms with van der Waals surface area (Å²) in [6.45, 7) is 12.6. The Labute approximate surface area is 135 Å². The van der Waals surface area contributed by atoms with Crippen molar-refractivity contribution >= 4 is 5.97 Å². The van der Waals surface area contributed by atoms with Crippen LogP contribution in [0.2, 0.25) is 0 Å². The van der Waals surface area contributed by atoms with Crippen molar-refractivity contribution in [1.29, 1.82) is 0 Å². The quantitative estimate of drug-likeness (QED) is 0.701. The molecule has 1 aliphatic rings. The molecule has 2 nitrogen and oxygen atoms in total. The van der Waals surface area contributed by atoms with Crippen LogP contribution in [0.4, 0.5) is 0 Å². The van der Waals surface area contributed by atoms with Crippen molar-refractivity contribution in [2.75, 3.05) is 0 Å². The smallest absolute Gasteiger partial charge is 0.312 e. The van der Waals surface area contributed by atoms with Gasteiger partial charge in [-0.2, -0.15) is 0 Å². The normalized spacial score (nSPS) is 17.7. The summed E-state index contributed by atoms with van der Waals surface area (Å²) in [4.78, 5) is 12.5. The average Bonchev–Trinajstić information content (AvgIpc) is 2.41. The van der Waals surface area contributed by atoms with Gasteiger partial charge in [0.25, 0.3) is 0 Å². The van der Waals surface area contributed by atoms with E-state index in [4.69, 9.17) is 4.74 Å². The molecule has 0 heterocycles. The highest BCUT2D eigenvalue weighted by Gasteiger charge is 2.45. The first-order valence-electron chi connectivity index (χ1n) is 8.45. The van der Waals surface area contributed by atoms with E-state index in [2.05, 4.69) is 45.0 Å². The summed E-state index contributed by atoms with van der Waals surface area (Å²) in [7, 11) is 0. The molecule has 1 aromatic carbocycles. The second-order valence-electron chi connectivity index (χ2n) is 8.30. The molecule has 0 unspecified atom stereocenters. The third-order valence-corrected chi connectivity index (χ3v) is 5.16. The fraction of sp³-hybridized carbons (Fsp3) is 0.650. The lowest BCUT2D eigenvalue weighted by atomic mass is 9.73. The summed E-state index contributed by atoms with van der Waals surface area (Å²) in [6, 6.07) is 8.64. The molecule has 0 aromatic heterocycles. The third kappa shape index (κ3) is 3.21. The summed E-state index contributed by atoms with van der Waals surface area (Å²) in [6.07, 6.45) is 3.80. The lowest BCUT2D eigenvalue weighted by Crippen LogP contribution is -2.42. The van der Waals surface area contributed by atoms with Crippen LogP contribution in [0, 0.1) is 5.41 Å². The van der Waals surface area contributed by atoms with E-state index in [1.165, 1.54) is 5.56 Å². The highest BCUT2D eigenvalue weighted by Crippen LogP contribution is 2.46. The molecule has 2 heteroatoms. The van der Waals surface area contributed by atoms with Gasteiger partial charge >= 0.3 is 5.97 Å². The van der Waals surface area contributed by atoms with E-state index in [1.54, 1.807) is 0 Å². The van der Waals surface area contributed by atoms with Crippen molar-refractivity contribution in [2.24, 2.45) is 5.41 Å². The number of ether oxygens (including phenoxy) is 1. The molecular formula is C20H30O2. The zero-order chi connectivity index (χ0) is 16.6. The molecule has 0 radical (unpaired) electrons. The van der Waals surface area contributed by atoms with E-state index < -0.39 is 5.41 Å². The number of carbonyl (C=O) groups is 1. The first-order valence-corrected chi connectivity index (χ1v) is 8.45. The Bertz CT molecular complexity index is 528. The number of carbonyl (C=O) groups excluding carboxylic acids is 1. The maximum atomic E-state index is 12.5. The third-order valence-electron chi connectivity index (χ3n) is 5.16. The monoisotopic (exact) mass is 302 g/mol. The molecule has 1 aromatic rings.